The summed E-state index contributed by atoms with van der Waals surface area (Å²) < 4.78 is 17.0. The van der Waals surface area contributed by atoms with Gasteiger partial charge in [-0.3, -0.25) is 0 Å². The molecule has 1 heterocycles. The fourth-order valence-corrected chi connectivity index (χ4v) is 5.08. The minimum absolute atomic E-state index is 0.297. The summed E-state index contributed by atoms with van der Waals surface area (Å²) in [5.41, 5.74) is 0. The average molecular weight is 347 g/mol. The number of hydrogen-bond acceptors (Lipinski definition) is 4. The average Bonchev–Trinajstić information content (AvgIpc) is 2.76. The monoisotopic (exact) mass is 348 g/mol. The van der Waals surface area contributed by atoms with Crippen LogP contribution in [0.15, 0.2) is 17.5 Å². The zero-order valence-electron chi connectivity index (χ0n) is 9.40. The first-order valence-corrected chi connectivity index (χ1v) is 10.7. The van der Waals surface area contributed by atoms with Gasteiger partial charge in [0.25, 0.3) is 0 Å². The van der Waals surface area contributed by atoms with Gasteiger partial charge in [0.1, 0.15) is 0 Å². The van der Waals surface area contributed by atoms with Gasteiger partial charge in [0, 0.05) is 0 Å². The molecule has 88 valence electrons. The third-order valence-electron chi connectivity index (χ3n) is 2.12. The Labute approximate surface area is 107 Å². The van der Waals surface area contributed by atoms with E-state index in [0.717, 1.165) is 12.8 Å². The second kappa shape index (κ2) is 7.95. The Hall–Kier alpha value is -0.231. The topological polar surface area (TPSA) is 43.4 Å². The molecule has 0 aromatic carbocycles. The van der Waals surface area contributed by atoms with Gasteiger partial charge in [-0.15, -0.1) is 0 Å². The third-order valence-corrected chi connectivity index (χ3v) is 6.53. The van der Waals surface area contributed by atoms with Crippen LogP contribution in [0.2, 0.25) is 4.44 Å². The summed E-state index contributed by atoms with van der Waals surface area (Å²) in [5.74, 6) is -0.297. The van der Waals surface area contributed by atoms with E-state index >= 15 is 0 Å². The van der Waals surface area contributed by atoms with Crippen molar-refractivity contribution in [1.29, 1.82) is 0 Å². The maximum absolute atomic E-state index is 11.4. The van der Waals surface area contributed by atoms with Gasteiger partial charge in [-0.1, -0.05) is 0 Å². The molecule has 0 unspecified atom stereocenters. The molecule has 16 heavy (non-hydrogen) atoms. The molecule has 0 fully saturated rings. The normalized spacial score (nSPS) is 10.1. The second-order valence-electron chi connectivity index (χ2n) is 3.53. The first-order valence-electron chi connectivity index (χ1n) is 5.48. The molecular formula is C11H16O3SSn. The first-order chi connectivity index (χ1) is 7.72. The van der Waals surface area contributed by atoms with Crippen molar-refractivity contribution in [2.75, 3.05) is 0 Å². The molecule has 0 radical (unpaired) electrons. The molecule has 0 spiro atoms. The fraction of sp³-hybridized carbons (Fsp3) is 0.545. The van der Waals surface area contributed by atoms with E-state index in [1.165, 1.54) is 4.88 Å². The van der Waals surface area contributed by atoms with Crippen LogP contribution in [0, 0.1) is 0 Å². The summed E-state index contributed by atoms with van der Waals surface area (Å²) in [6.07, 6.45) is 2.94. The van der Waals surface area contributed by atoms with Gasteiger partial charge in [-0.25, -0.2) is 0 Å². The van der Waals surface area contributed by atoms with E-state index in [-0.39, 0.29) is 5.97 Å². The number of unbranched alkanes of at least 4 members (excludes halogenated alkanes) is 1. The summed E-state index contributed by atoms with van der Waals surface area (Å²) in [5, 5.41) is 1.98. The molecule has 1 aromatic heterocycles. The van der Waals surface area contributed by atoms with Crippen molar-refractivity contribution in [1.82, 2.24) is 0 Å². The van der Waals surface area contributed by atoms with Crippen LogP contribution in [-0.4, -0.2) is 26.1 Å². The van der Waals surface area contributed by atoms with Crippen LogP contribution in [0.1, 0.15) is 31.1 Å². The quantitative estimate of drug-likeness (QED) is 0.713. The van der Waals surface area contributed by atoms with Gasteiger partial charge in [-0.05, 0) is 0 Å². The van der Waals surface area contributed by atoms with E-state index in [1.807, 2.05) is 24.4 Å². The van der Waals surface area contributed by atoms with E-state index in [1.54, 1.807) is 11.3 Å². The van der Waals surface area contributed by atoms with Crippen molar-refractivity contribution in [2.45, 2.75) is 37.0 Å². The van der Waals surface area contributed by atoms with E-state index in [4.69, 9.17) is 3.07 Å². The van der Waals surface area contributed by atoms with E-state index in [9.17, 15) is 7.87 Å². The van der Waals surface area contributed by atoms with Gasteiger partial charge in [0.15, 0.2) is 0 Å². The van der Waals surface area contributed by atoms with Crippen LogP contribution >= 0.6 is 11.3 Å². The SMILES string of the molecule is CCC[CH2][Sn](=[O])[O]C(=O)CCc1cccs1. The molecule has 5 heteroatoms. The number of carbonyl (C=O) groups is 1. The van der Waals surface area contributed by atoms with E-state index in [0.29, 0.717) is 17.3 Å². The number of hydrogen-bond donors (Lipinski definition) is 0. The molecular weight excluding hydrogens is 331 g/mol. The zero-order valence-corrected chi connectivity index (χ0v) is 13.1. The molecule has 0 bridgehead atoms. The second-order valence-corrected chi connectivity index (χ2v) is 8.69. The molecule has 0 N–H and O–H groups in total. The van der Waals surface area contributed by atoms with Crippen LogP contribution in [-0.2, 0) is 17.4 Å². The summed E-state index contributed by atoms with van der Waals surface area (Å²) in [6.45, 7) is 2.04. The molecule has 0 aliphatic rings. The Morgan fingerprint density at radius 3 is 3.00 bits per heavy atom. The zero-order chi connectivity index (χ0) is 11.8. The first kappa shape index (κ1) is 13.8. The molecule has 0 saturated heterocycles. The van der Waals surface area contributed by atoms with Crippen LogP contribution in [0.4, 0.5) is 0 Å². The Balaban J connectivity index is 2.18. The van der Waals surface area contributed by atoms with Crippen molar-refractivity contribution in [3.63, 3.8) is 0 Å². The van der Waals surface area contributed by atoms with Crippen LogP contribution in [0.5, 0.6) is 0 Å². The molecule has 0 saturated carbocycles. The van der Waals surface area contributed by atoms with Gasteiger partial charge < -0.3 is 0 Å². The number of carbonyl (C=O) groups excluding carboxylic acids is 1. The molecule has 0 aliphatic carbocycles. The van der Waals surface area contributed by atoms with Crippen molar-refractivity contribution < 1.29 is 10.9 Å². The van der Waals surface area contributed by atoms with Crippen molar-refractivity contribution in [3.8, 4) is 0 Å². The Morgan fingerprint density at radius 2 is 2.38 bits per heavy atom. The summed E-state index contributed by atoms with van der Waals surface area (Å²) in [4.78, 5) is 12.5. The fourth-order valence-electron chi connectivity index (χ4n) is 1.23. The van der Waals surface area contributed by atoms with E-state index in [2.05, 4.69) is 0 Å². The van der Waals surface area contributed by atoms with E-state index < -0.39 is 20.2 Å². The van der Waals surface area contributed by atoms with Crippen LogP contribution in [0.3, 0.4) is 0 Å². The van der Waals surface area contributed by atoms with Gasteiger partial charge in [0.05, 0.1) is 0 Å². The van der Waals surface area contributed by atoms with Crippen LogP contribution in [0.25, 0.3) is 0 Å². The predicted molar refractivity (Wildman–Crippen MR) is 64.9 cm³/mol. The van der Waals surface area contributed by atoms with Crippen molar-refractivity contribution in [3.05, 3.63) is 22.4 Å². The minimum atomic E-state index is -3.02. The van der Waals surface area contributed by atoms with Gasteiger partial charge >= 0.3 is 108 Å². The standard InChI is InChI=1S/C7H8O2S.C4H9.O.Sn/c8-7(9)4-3-6-2-1-5-10-6;1-3-4-2;;/h1-2,5H,3-4H2,(H,8,9);1,3-4H2,2H3;;/q;;;+1/p-1. The molecule has 0 aliphatic heterocycles. The maximum atomic E-state index is 11.4. The van der Waals surface area contributed by atoms with Crippen molar-refractivity contribution in [2.24, 2.45) is 0 Å². The summed E-state index contributed by atoms with van der Waals surface area (Å²) >= 11 is -1.40. The molecule has 0 amide bonds. The molecule has 0 atom stereocenters. The van der Waals surface area contributed by atoms with Gasteiger partial charge in [0.2, 0.25) is 0 Å². The van der Waals surface area contributed by atoms with Crippen molar-refractivity contribution >= 4 is 37.5 Å². The predicted octanol–water partition coefficient (Wildman–Crippen LogP) is 2.94. The number of rotatable bonds is 7. The Morgan fingerprint density at radius 1 is 1.56 bits per heavy atom. The number of aryl methyl sites for hydroxylation is 1. The molecule has 1 rings (SSSR count). The van der Waals surface area contributed by atoms with Crippen LogP contribution < -0.4 is 0 Å². The molecule has 3 nitrogen and oxygen atoms in total. The number of thiophene rings is 1. The Kier molecular flexibility index (Phi) is 6.87. The Bertz CT molecular complexity index is 335. The third kappa shape index (κ3) is 5.74. The summed E-state index contributed by atoms with van der Waals surface area (Å²) in [6, 6.07) is 3.95. The summed E-state index contributed by atoms with van der Waals surface area (Å²) in [7, 11) is 0. The molecule has 1 aromatic rings. The van der Waals surface area contributed by atoms with Gasteiger partial charge in [-0.2, -0.15) is 0 Å².